The fourth-order valence-corrected chi connectivity index (χ4v) is 5.68. The molecule has 0 atom stereocenters. The molecule has 0 saturated carbocycles. The van der Waals surface area contributed by atoms with Crippen LogP contribution >= 0.6 is 11.6 Å². The van der Waals surface area contributed by atoms with Crippen molar-refractivity contribution in [2.24, 2.45) is 0 Å². The van der Waals surface area contributed by atoms with E-state index in [1.165, 1.54) is 31.1 Å². The van der Waals surface area contributed by atoms with Gasteiger partial charge in [0.05, 0.1) is 23.9 Å². The summed E-state index contributed by atoms with van der Waals surface area (Å²) in [7, 11) is -1.32. The van der Waals surface area contributed by atoms with Gasteiger partial charge in [-0.2, -0.15) is 5.26 Å². The molecule has 13 heteroatoms. The zero-order valence-corrected chi connectivity index (χ0v) is 24.0. The van der Waals surface area contributed by atoms with Gasteiger partial charge in [-0.3, -0.25) is 0 Å². The van der Waals surface area contributed by atoms with E-state index in [1.807, 2.05) is 6.07 Å². The monoisotopic (exact) mass is 590 g/mol. The van der Waals surface area contributed by atoms with E-state index in [-0.39, 0.29) is 11.1 Å². The Hall–Kier alpha value is -3.40. The molecule has 2 saturated heterocycles. The van der Waals surface area contributed by atoms with Crippen LogP contribution in [0.2, 0.25) is 5.02 Å². The Morgan fingerprint density at radius 1 is 1.07 bits per heavy atom. The van der Waals surface area contributed by atoms with E-state index < -0.39 is 15.8 Å². The third-order valence-corrected chi connectivity index (χ3v) is 8.36. The van der Waals surface area contributed by atoms with E-state index in [0.717, 1.165) is 44.2 Å². The molecule has 2 aromatic carbocycles. The predicted octanol–water partition coefficient (Wildman–Crippen LogP) is 4.93. The molecule has 0 bridgehead atoms. The normalized spacial score (nSPS) is 16.5. The van der Waals surface area contributed by atoms with Gasteiger partial charge in [0.25, 0.3) is 0 Å². The fourth-order valence-electron chi connectivity index (χ4n) is 4.58. The number of benzene rings is 2. The molecule has 2 fully saturated rings. The first-order valence-electron chi connectivity index (χ1n) is 13.0. The number of sulfonamides is 1. The molecule has 1 aromatic heterocycles. The molecule has 214 valence electrons. The zero-order chi connectivity index (χ0) is 28.7. The van der Waals surface area contributed by atoms with Crippen molar-refractivity contribution in [3.63, 3.8) is 0 Å². The van der Waals surface area contributed by atoms with Gasteiger partial charge >= 0.3 is 0 Å². The third-order valence-electron chi connectivity index (χ3n) is 6.76. The molecule has 1 N–H and O–H groups in total. The quantitative estimate of drug-likeness (QED) is 0.398. The molecule has 0 unspecified atom stereocenters. The zero-order valence-electron chi connectivity index (χ0n) is 22.4. The number of methoxy groups -OCH3 is 1. The van der Waals surface area contributed by atoms with Crippen LogP contribution in [0.25, 0.3) is 10.9 Å². The first-order valence-corrected chi connectivity index (χ1v) is 15.2. The Labute approximate surface area is 238 Å². The number of hydrogen-bond donors (Lipinski definition) is 1. The van der Waals surface area contributed by atoms with Crippen molar-refractivity contribution in [3.05, 3.63) is 47.5 Å². The Morgan fingerprint density at radius 3 is 2.40 bits per heavy atom. The number of piperidine rings is 2. The maximum atomic E-state index is 13.5. The van der Waals surface area contributed by atoms with Gasteiger partial charge in [-0.05, 0) is 37.1 Å². The predicted molar refractivity (Wildman–Crippen MR) is 152 cm³/mol. The van der Waals surface area contributed by atoms with Crippen LogP contribution in [0.4, 0.5) is 15.9 Å². The number of anilines is 2. The van der Waals surface area contributed by atoms with Gasteiger partial charge < -0.3 is 19.7 Å². The summed E-state index contributed by atoms with van der Waals surface area (Å²) in [6, 6.07) is 7.99. The Bertz CT molecular complexity index is 1470. The molecule has 3 heterocycles. The summed E-state index contributed by atoms with van der Waals surface area (Å²) in [6.07, 6.45) is 9.58. The molecule has 0 amide bonds. The number of ether oxygens (including phenoxy) is 2. The van der Waals surface area contributed by atoms with E-state index >= 15 is 0 Å². The van der Waals surface area contributed by atoms with Crippen LogP contribution in [0, 0.1) is 17.3 Å². The SMILES string of the molecule is COc1cc2ncnc(Nc3ccc(F)c(Cl)c3)c2cc1OC1CCN(C#N)CC1.CS(=O)(=O)N1CCCCC1. The molecule has 0 spiro atoms. The molecule has 2 aliphatic heterocycles. The number of rotatable bonds is 6. The van der Waals surface area contributed by atoms with Crippen molar-refractivity contribution in [1.82, 2.24) is 19.2 Å². The van der Waals surface area contributed by atoms with Gasteiger partial charge in [-0.15, -0.1) is 0 Å². The van der Waals surface area contributed by atoms with E-state index in [4.69, 9.17) is 26.3 Å². The highest BCUT2D eigenvalue weighted by atomic mass is 35.5. The second-order valence-corrected chi connectivity index (χ2v) is 12.0. The van der Waals surface area contributed by atoms with Gasteiger partial charge in [0.2, 0.25) is 10.0 Å². The van der Waals surface area contributed by atoms with Crippen LogP contribution in [-0.4, -0.2) is 73.2 Å². The summed E-state index contributed by atoms with van der Waals surface area (Å²) in [4.78, 5) is 10.4. The van der Waals surface area contributed by atoms with Crippen LogP contribution in [-0.2, 0) is 10.0 Å². The first kappa shape index (κ1) is 29.6. The highest BCUT2D eigenvalue weighted by Crippen LogP contribution is 2.36. The smallest absolute Gasteiger partial charge is 0.211 e. The van der Waals surface area contributed by atoms with Gasteiger partial charge in [-0.25, -0.2) is 27.1 Å². The van der Waals surface area contributed by atoms with Crippen LogP contribution in [0.3, 0.4) is 0 Å². The van der Waals surface area contributed by atoms with Gasteiger partial charge in [0.15, 0.2) is 17.7 Å². The molecule has 10 nitrogen and oxygen atoms in total. The topological polar surface area (TPSA) is 121 Å². The Kier molecular flexibility index (Phi) is 9.84. The summed E-state index contributed by atoms with van der Waals surface area (Å²) < 4.78 is 48.5. The molecular weight excluding hydrogens is 559 g/mol. The molecule has 3 aromatic rings. The van der Waals surface area contributed by atoms with Crippen molar-refractivity contribution in [3.8, 4) is 17.7 Å². The fraction of sp³-hybridized carbons (Fsp3) is 0.444. The number of nitrogens with zero attached hydrogens (tertiary/aromatic N) is 5. The molecular formula is C27H32ClFN6O4S. The Morgan fingerprint density at radius 2 is 1.80 bits per heavy atom. The minimum Gasteiger partial charge on any atom is -0.493 e. The van der Waals surface area contributed by atoms with E-state index in [1.54, 1.807) is 28.4 Å². The van der Waals surface area contributed by atoms with E-state index in [0.29, 0.717) is 41.6 Å². The summed E-state index contributed by atoms with van der Waals surface area (Å²) in [5.74, 6) is 1.20. The number of fused-ring (bicyclic) bond motifs is 1. The lowest BCUT2D eigenvalue weighted by atomic mass is 10.1. The maximum Gasteiger partial charge on any atom is 0.211 e. The second kappa shape index (κ2) is 13.3. The minimum absolute atomic E-state index is 0.0158. The number of likely N-dealkylation sites (tertiary alicyclic amines) is 1. The van der Waals surface area contributed by atoms with Gasteiger partial charge in [0.1, 0.15) is 24.1 Å². The van der Waals surface area contributed by atoms with Crippen molar-refractivity contribution < 1.29 is 22.3 Å². The molecule has 0 aliphatic carbocycles. The van der Waals surface area contributed by atoms with Crippen molar-refractivity contribution in [2.45, 2.75) is 38.2 Å². The lowest BCUT2D eigenvalue weighted by Crippen LogP contribution is -2.35. The van der Waals surface area contributed by atoms with Crippen LogP contribution < -0.4 is 14.8 Å². The highest BCUT2D eigenvalue weighted by molar-refractivity contribution is 7.88. The van der Waals surface area contributed by atoms with Crippen molar-refractivity contribution in [2.75, 3.05) is 44.9 Å². The number of nitrogens with one attached hydrogen (secondary N) is 1. The van der Waals surface area contributed by atoms with E-state index in [2.05, 4.69) is 21.5 Å². The van der Waals surface area contributed by atoms with E-state index in [9.17, 15) is 12.8 Å². The number of aromatic nitrogens is 2. The number of hydrogen-bond acceptors (Lipinski definition) is 9. The van der Waals surface area contributed by atoms with Crippen molar-refractivity contribution >= 4 is 44.0 Å². The molecule has 0 radical (unpaired) electrons. The van der Waals surface area contributed by atoms with Crippen molar-refractivity contribution in [1.29, 1.82) is 5.26 Å². The van der Waals surface area contributed by atoms with Crippen LogP contribution in [0.15, 0.2) is 36.7 Å². The molecule has 2 aliphatic rings. The third kappa shape index (κ3) is 7.62. The lowest BCUT2D eigenvalue weighted by Gasteiger charge is -2.29. The maximum absolute atomic E-state index is 13.5. The number of nitriles is 1. The van der Waals surface area contributed by atoms with Crippen LogP contribution in [0.5, 0.6) is 11.5 Å². The number of halogens is 2. The summed E-state index contributed by atoms with van der Waals surface area (Å²) in [5, 5.41) is 12.9. The standard InChI is InChI=1S/C21H19ClFN5O2.C6H13NO2S/c1-29-19-10-18-15(9-20(19)30-14-4-6-28(11-24)7-5-14)21(26-12-25-18)27-13-2-3-17(23)16(22)8-13;1-10(8,9)7-5-3-2-4-6-7/h2-3,8-10,12,14H,4-7H2,1H3,(H,25,26,27);2-6H2,1H3. The summed E-state index contributed by atoms with van der Waals surface area (Å²) >= 11 is 5.88. The second-order valence-electron chi connectivity index (χ2n) is 9.62. The Balaban J connectivity index is 0.000000312. The molecule has 40 heavy (non-hydrogen) atoms. The minimum atomic E-state index is -2.89. The first-order chi connectivity index (χ1) is 19.2. The molecule has 5 rings (SSSR count). The summed E-state index contributed by atoms with van der Waals surface area (Å²) in [6.45, 7) is 2.77. The van der Waals surface area contributed by atoms with Crippen LogP contribution in [0.1, 0.15) is 32.1 Å². The largest absolute Gasteiger partial charge is 0.493 e. The van der Waals surface area contributed by atoms with Gasteiger partial charge in [0, 0.05) is 56.2 Å². The summed E-state index contributed by atoms with van der Waals surface area (Å²) in [5.41, 5.74) is 1.27. The average Bonchev–Trinajstić information content (AvgIpc) is 2.96. The highest BCUT2D eigenvalue weighted by Gasteiger charge is 2.22. The average molecular weight is 591 g/mol. The van der Waals surface area contributed by atoms with Gasteiger partial charge in [-0.1, -0.05) is 18.0 Å². The lowest BCUT2D eigenvalue weighted by molar-refractivity contribution is 0.123.